The van der Waals surface area contributed by atoms with Crippen LogP contribution in [0.3, 0.4) is 0 Å². The molecule has 5 heavy (non-hydrogen) atoms. The largest absolute Gasteiger partial charge is 0.0748 e. The van der Waals surface area contributed by atoms with Crippen LogP contribution in [0.15, 0.2) is 0 Å². The van der Waals surface area contributed by atoms with Gasteiger partial charge >= 0.3 is 0 Å². The van der Waals surface area contributed by atoms with E-state index in [1.165, 1.54) is 0 Å². The van der Waals surface area contributed by atoms with Crippen LogP contribution in [0.1, 0.15) is 0 Å². The molecular weight excluding hydrogens is 108 g/mol. The van der Waals surface area contributed by atoms with E-state index in [0.29, 0.717) is 8.55 Å². The van der Waals surface area contributed by atoms with Crippen LogP contribution in [0.25, 0.3) is 0 Å². The van der Waals surface area contributed by atoms with Gasteiger partial charge in [0.15, 0.2) is 0 Å². The third-order valence-electron chi connectivity index (χ3n) is 0.816. The van der Waals surface area contributed by atoms with Crippen LogP contribution in [0.5, 0.6) is 0 Å². The summed E-state index contributed by atoms with van der Waals surface area (Å²) < 4.78 is 0. The molecule has 0 aliphatic rings. The fourth-order valence-corrected chi connectivity index (χ4v) is 0. The summed E-state index contributed by atoms with van der Waals surface area (Å²) in [5.41, 5.74) is 0. The average molecular weight is 120 g/mol. The third-order valence-corrected chi connectivity index (χ3v) is 22.0. The highest BCUT2D eigenvalue weighted by Crippen LogP contribution is 1.66. The standard InChI is InChI=1S/C2H12Si3/c1-5(2)4-3/h5H,4H2,1-3H3. The summed E-state index contributed by atoms with van der Waals surface area (Å²) in [7, 11) is 2.25. The minimum atomic E-state index is 0.0509. The molecule has 0 aromatic carbocycles. The summed E-state index contributed by atoms with van der Waals surface area (Å²) in [6, 6.07) is 0. The Labute approximate surface area is 40.4 Å². The first kappa shape index (κ1) is 5.65. The summed E-state index contributed by atoms with van der Waals surface area (Å²) in [5.74, 6) is 0. The molecule has 0 aliphatic carbocycles. The van der Waals surface area contributed by atoms with Crippen molar-refractivity contribution in [2.24, 2.45) is 0 Å². The zero-order chi connectivity index (χ0) is 4.28. The van der Waals surface area contributed by atoms with Crippen molar-refractivity contribution in [2.75, 3.05) is 0 Å². The van der Waals surface area contributed by atoms with Crippen LogP contribution in [-0.2, 0) is 0 Å². The van der Waals surface area contributed by atoms with E-state index >= 15 is 0 Å². The number of rotatable bonds is 1. The van der Waals surface area contributed by atoms with Crippen LogP contribution < -0.4 is 0 Å². The lowest BCUT2D eigenvalue weighted by Crippen LogP contribution is -2.11. The summed E-state index contributed by atoms with van der Waals surface area (Å²) in [6.07, 6.45) is 0. The van der Waals surface area contributed by atoms with Gasteiger partial charge < -0.3 is 0 Å². The van der Waals surface area contributed by atoms with E-state index < -0.39 is 0 Å². The summed E-state index contributed by atoms with van der Waals surface area (Å²) in [5, 5.41) is 0. The van der Waals surface area contributed by atoms with Gasteiger partial charge in [-0.15, -0.1) is 0 Å². The maximum atomic E-state index is 2.46. The van der Waals surface area contributed by atoms with Crippen LogP contribution in [-0.4, -0.2) is 26.6 Å². The van der Waals surface area contributed by atoms with Crippen molar-refractivity contribution in [1.29, 1.82) is 0 Å². The van der Waals surface area contributed by atoms with E-state index in [4.69, 9.17) is 0 Å². The molecule has 0 nitrogen and oxygen atoms in total. The Kier molecular flexibility index (Phi) is 3.24. The molecule has 0 aromatic heterocycles. The third kappa shape index (κ3) is 4.65. The molecule has 3 heteroatoms. The Hall–Kier alpha value is 0.651. The van der Waals surface area contributed by atoms with Gasteiger partial charge in [0.2, 0.25) is 0 Å². The van der Waals surface area contributed by atoms with Crippen LogP contribution in [0.2, 0.25) is 13.1 Å². The summed E-state index contributed by atoms with van der Waals surface area (Å²) >= 11 is 0. The minimum absolute atomic E-state index is 0.0509. The molecule has 0 saturated heterocycles. The van der Waals surface area contributed by atoms with Crippen molar-refractivity contribution in [2.45, 2.75) is 13.1 Å². The summed E-state index contributed by atoms with van der Waals surface area (Å²) in [6.45, 7) is 4.92. The average Bonchev–Trinajstić information content (AvgIpc) is 1.38. The lowest BCUT2D eigenvalue weighted by atomic mass is 11.9. The smallest absolute Gasteiger partial charge is 0.0146 e. The maximum Gasteiger partial charge on any atom is 0.0146 e. The van der Waals surface area contributed by atoms with E-state index in [2.05, 4.69) is 13.1 Å². The Morgan fingerprint density at radius 2 is 1.80 bits per heavy atom. The monoisotopic (exact) mass is 120 g/mol. The molecule has 0 aliphatic heterocycles. The van der Waals surface area contributed by atoms with E-state index in [9.17, 15) is 0 Å². The van der Waals surface area contributed by atoms with E-state index in [-0.39, 0.29) is 8.31 Å². The van der Waals surface area contributed by atoms with Gasteiger partial charge in [0.1, 0.15) is 0 Å². The van der Waals surface area contributed by atoms with E-state index in [1.54, 1.807) is 9.76 Å². The van der Waals surface area contributed by atoms with Gasteiger partial charge in [-0.2, -0.15) is 0 Å². The first-order valence-electron chi connectivity index (χ1n) is 2.27. The van der Waals surface area contributed by atoms with Crippen molar-refractivity contribution in [3.63, 3.8) is 0 Å². The molecule has 0 radical (unpaired) electrons. The van der Waals surface area contributed by atoms with Gasteiger partial charge in [0.05, 0.1) is 0 Å². The predicted octanol–water partition coefficient (Wildman–Crippen LogP) is -1.58. The molecule has 0 fully saturated rings. The first-order valence-corrected chi connectivity index (χ1v) is 13.5. The Bertz CT molecular complexity index is 18.9. The molecule has 0 heterocycles. The van der Waals surface area contributed by atoms with Crippen LogP contribution in [0.4, 0.5) is 0 Å². The predicted molar refractivity (Wildman–Crippen MR) is 37.4 cm³/mol. The Morgan fingerprint density at radius 3 is 1.80 bits per heavy atom. The molecule has 0 saturated carbocycles. The fourth-order valence-electron chi connectivity index (χ4n) is 0. The minimum Gasteiger partial charge on any atom is -0.0748 e. The number of hydrogen-bond acceptors (Lipinski definition) is 0. The first-order chi connectivity index (χ1) is 2.27. The fraction of sp³-hybridized carbons (Fsp3) is 1.00. The van der Waals surface area contributed by atoms with E-state index in [0.717, 1.165) is 0 Å². The quantitative estimate of drug-likeness (QED) is 0.367. The molecule has 0 unspecified atom stereocenters. The normalized spacial score (nSPS) is 12.6. The SMILES string of the molecule is C[SiH](C)[SiH2][SiH3]. The zero-order valence-corrected chi connectivity index (χ0v) is 8.85. The van der Waals surface area contributed by atoms with Gasteiger partial charge in [-0.25, -0.2) is 0 Å². The van der Waals surface area contributed by atoms with Gasteiger partial charge in [-0.3, -0.25) is 0 Å². The second-order valence-corrected chi connectivity index (χ2v) is 20.1. The van der Waals surface area contributed by atoms with Crippen molar-refractivity contribution < 1.29 is 0 Å². The number of hydrogen-bond donors (Lipinski definition) is 0. The zero-order valence-electron chi connectivity index (χ0n) is 4.28. The van der Waals surface area contributed by atoms with Crippen LogP contribution in [0, 0.1) is 0 Å². The topological polar surface area (TPSA) is 0 Å². The Morgan fingerprint density at radius 1 is 1.60 bits per heavy atom. The van der Waals surface area contributed by atoms with Crippen molar-refractivity contribution in [3.05, 3.63) is 0 Å². The highest BCUT2D eigenvalue weighted by molar-refractivity contribution is 7.30. The summed E-state index contributed by atoms with van der Waals surface area (Å²) in [4.78, 5) is 0. The van der Waals surface area contributed by atoms with E-state index in [1.807, 2.05) is 0 Å². The van der Waals surface area contributed by atoms with Crippen LogP contribution >= 0.6 is 0 Å². The molecule has 0 atom stereocenters. The van der Waals surface area contributed by atoms with Gasteiger partial charge in [-0.05, 0) is 18.3 Å². The van der Waals surface area contributed by atoms with Gasteiger partial charge in [-0.1, -0.05) is 13.1 Å². The molecule has 0 rings (SSSR count). The Balaban J connectivity index is 2.54. The van der Waals surface area contributed by atoms with Crippen molar-refractivity contribution >= 4 is 26.6 Å². The maximum absolute atomic E-state index is 2.46. The molecule has 32 valence electrons. The second kappa shape index (κ2) is 2.87. The lowest BCUT2D eigenvalue weighted by molar-refractivity contribution is 2.10. The molecule has 0 bridgehead atoms. The molecule has 0 amide bonds. The molecule has 0 spiro atoms. The van der Waals surface area contributed by atoms with Crippen molar-refractivity contribution in [1.82, 2.24) is 0 Å². The highest BCUT2D eigenvalue weighted by Gasteiger charge is 1.84. The molecule has 0 aromatic rings. The molecular formula is C2H12Si3. The lowest BCUT2D eigenvalue weighted by Gasteiger charge is -1.86. The highest BCUT2D eigenvalue weighted by atomic mass is 29.5. The van der Waals surface area contributed by atoms with Crippen molar-refractivity contribution in [3.8, 4) is 0 Å². The molecule has 0 N–H and O–H groups in total. The van der Waals surface area contributed by atoms with Gasteiger partial charge in [0, 0.05) is 8.31 Å². The second-order valence-electron chi connectivity index (χ2n) is 1.80. The van der Waals surface area contributed by atoms with Gasteiger partial charge in [0.25, 0.3) is 0 Å².